The molecule has 21 heavy (non-hydrogen) atoms. The van der Waals surface area contributed by atoms with Crippen molar-refractivity contribution in [2.45, 2.75) is 38.5 Å². The highest BCUT2D eigenvalue weighted by Crippen LogP contribution is 2.37. The third kappa shape index (κ3) is 2.69. The average Bonchev–Trinajstić information content (AvgIpc) is 2.82. The number of ether oxygens (including phenoxy) is 2. The molecule has 1 fully saturated rings. The van der Waals surface area contributed by atoms with Gasteiger partial charge < -0.3 is 9.47 Å². The van der Waals surface area contributed by atoms with Crippen molar-refractivity contribution in [3.63, 3.8) is 0 Å². The minimum absolute atomic E-state index is 0.163. The van der Waals surface area contributed by atoms with Crippen LogP contribution in [0.25, 0.3) is 0 Å². The van der Waals surface area contributed by atoms with Crippen molar-refractivity contribution in [2.24, 2.45) is 5.92 Å². The van der Waals surface area contributed by atoms with Crippen molar-refractivity contribution in [2.75, 3.05) is 14.2 Å². The number of ketones is 1. The van der Waals surface area contributed by atoms with Gasteiger partial charge in [-0.2, -0.15) is 0 Å². The van der Waals surface area contributed by atoms with E-state index in [0.29, 0.717) is 17.4 Å². The number of Topliss-reactive ketones (excluding diaryl/α,β-unsaturated/α-hetero) is 1. The molecule has 0 spiro atoms. The minimum atomic E-state index is 0.163. The third-order valence-corrected chi connectivity index (χ3v) is 4.61. The van der Waals surface area contributed by atoms with E-state index in [1.165, 1.54) is 32.1 Å². The van der Waals surface area contributed by atoms with Gasteiger partial charge in [0.2, 0.25) is 0 Å². The van der Waals surface area contributed by atoms with E-state index in [0.717, 1.165) is 23.1 Å². The van der Waals surface area contributed by atoms with Crippen LogP contribution in [-0.4, -0.2) is 20.0 Å². The number of allylic oxidation sites excluding steroid dienone is 2. The summed E-state index contributed by atoms with van der Waals surface area (Å²) in [7, 11) is 3.22. The fraction of sp³-hybridized carbons (Fsp3) is 0.500. The van der Waals surface area contributed by atoms with E-state index < -0.39 is 0 Å². The van der Waals surface area contributed by atoms with E-state index in [2.05, 4.69) is 6.08 Å². The maximum absolute atomic E-state index is 12.6. The van der Waals surface area contributed by atoms with Crippen molar-refractivity contribution in [1.29, 1.82) is 0 Å². The van der Waals surface area contributed by atoms with Gasteiger partial charge >= 0.3 is 0 Å². The van der Waals surface area contributed by atoms with E-state index in [9.17, 15) is 4.79 Å². The molecule has 3 heteroatoms. The highest BCUT2D eigenvalue weighted by molar-refractivity contribution is 6.13. The molecule has 0 saturated heterocycles. The van der Waals surface area contributed by atoms with Gasteiger partial charge in [-0.1, -0.05) is 25.3 Å². The smallest absolute Gasteiger partial charge is 0.189 e. The predicted molar refractivity (Wildman–Crippen MR) is 82.2 cm³/mol. The summed E-state index contributed by atoms with van der Waals surface area (Å²) < 4.78 is 10.6. The fourth-order valence-electron chi connectivity index (χ4n) is 3.46. The molecular formula is C18H22O3. The molecule has 1 aromatic rings. The standard InChI is InChI=1S/C18H22O3/c1-20-16-10-13-9-14(8-12-6-4-3-5-7-12)18(19)15(13)11-17(16)21-2/h8,10-12H,3-7,9H2,1-2H3. The monoisotopic (exact) mass is 286 g/mol. The quantitative estimate of drug-likeness (QED) is 0.789. The van der Waals surface area contributed by atoms with Gasteiger partial charge in [-0.15, -0.1) is 0 Å². The Kier molecular flexibility index (Phi) is 4.00. The molecule has 0 N–H and O–H groups in total. The molecule has 2 aliphatic carbocycles. The van der Waals surface area contributed by atoms with Crippen LogP contribution in [-0.2, 0) is 6.42 Å². The zero-order valence-corrected chi connectivity index (χ0v) is 12.8. The van der Waals surface area contributed by atoms with E-state index in [1.807, 2.05) is 12.1 Å². The van der Waals surface area contributed by atoms with E-state index >= 15 is 0 Å². The number of hydrogen-bond donors (Lipinski definition) is 0. The Bertz CT molecular complexity index is 580. The highest BCUT2D eigenvalue weighted by atomic mass is 16.5. The van der Waals surface area contributed by atoms with Crippen molar-refractivity contribution >= 4 is 5.78 Å². The van der Waals surface area contributed by atoms with Crippen LogP contribution < -0.4 is 9.47 Å². The van der Waals surface area contributed by atoms with Crippen molar-refractivity contribution in [3.8, 4) is 11.5 Å². The lowest BCUT2D eigenvalue weighted by Gasteiger charge is -2.18. The molecule has 2 aliphatic rings. The molecule has 3 nitrogen and oxygen atoms in total. The van der Waals surface area contributed by atoms with Crippen LogP contribution in [0.5, 0.6) is 11.5 Å². The molecule has 0 amide bonds. The maximum atomic E-state index is 12.6. The summed E-state index contributed by atoms with van der Waals surface area (Å²) in [5, 5.41) is 0. The number of hydrogen-bond acceptors (Lipinski definition) is 3. The summed E-state index contributed by atoms with van der Waals surface area (Å²) in [6, 6.07) is 3.76. The molecule has 0 aliphatic heterocycles. The summed E-state index contributed by atoms with van der Waals surface area (Å²) in [5.41, 5.74) is 2.78. The second kappa shape index (κ2) is 5.92. The third-order valence-electron chi connectivity index (χ3n) is 4.61. The van der Waals surface area contributed by atoms with Crippen LogP contribution in [0, 0.1) is 5.92 Å². The molecule has 0 radical (unpaired) electrons. The molecule has 1 aromatic carbocycles. The molecule has 0 atom stereocenters. The first kappa shape index (κ1) is 14.2. The van der Waals surface area contributed by atoms with Crippen LogP contribution in [0.4, 0.5) is 0 Å². The van der Waals surface area contributed by atoms with Gasteiger partial charge in [-0.25, -0.2) is 0 Å². The van der Waals surface area contributed by atoms with Gasteiger partial charge in [0, 0.05) is 17.6 Å². The average molecular weight is 286 g/mol. The topological polar surface area (TPSA) is 35.5 Å². The van der Waals surface area contributed by atoms with Gasteiger partial charge in [0.15, 0.2) is 17.3 Å². The normalized spacial score (nSPS) is 20.7. The highest BCUT2D eigenvalue weighted by Gasteiger charge is 2.28. The van der Waals surface area contributed by atoms with E-state index in [1.54, 1.807) is 14.2 Å². The van der Waals surface area contributed by atoms with E-state index in [4.69, 9.17) is 9.47 Å². The molecule has 0 unspecified atom stereocenters. The molecule has 1 saturated carbocycles. The Labute approximate surface area is 125 Å². The van der Waals surface area contributed by atoms with Crippen LogP contribution in [0.3, 0.4) is 0 Å². The summed E-state index contributed by atoms with van der Waals surface area (Å²) in [4.78, 5) is 12.6. The van der Waals surface area contributed by atoms with Crippen molar-refractivity contribution in [3.05, 3.63) is 34.9 Å². The zero-order chi connectivity index (χ0) is 14.8. The second-order valence-corrected chi connectivity index (χ2v) is 5.96. The minimum Gasteiger partial charge on any atom is -0.493 e. The Hall–Kier alpha value is -1.77. The van der Waals surface area contributed by atoms with E-state index in [-0.39, 0.29) is 5.78 Å². The Morgan fingerprint density at radius 3 is 2.38 bits per heavy atom. The molecule has 0 aromatic heterocycles. The lowest BCUT2D eigenvalue weighted by atomic mass is 9.87. The number of rotatable bonds is 3. The van der Waals surface area contributed by atoms with Gasteiger partial charge in [-0.05, 0) is 36.5 Å². The number of methoxy groups -OCH3 is 2. The molecule has 0 bridgehead atoms. The van der Waals surface area contributed by atoms with Crippen molar-refractivity contribution in [1.82, 2.24) is 0 Å². The Morgan fingerprint density at radius 1 is 1.05 bits per heavy atom. The first-order chi connectivity index (χ1) is 10.2. The van der Waals surface area contributed by atoms with Crippen LogP contribution in [0.2, 0.25) is 0 Å². The SMILES string of the molecule is COc1cc2c(cc1OC)C(=O)C(=CC1CCCCC1)C2. The molecular weight excluding hydrogens is 264 g/mol. The van der Waals surface area contributed by atoms with Crippen LogP contribution >= 0.6 is 0 Å². The number of carbonyl (C=O) groups is 1. The molecule has 3 rings (SSSR count). The second-order valence-electron chi connectivity index (χ2n) is 5.96. The van der Waals surface area contributed by atoms with Gasteiger partial charge in [0.05, 0.1) is 14.2 Å². The first-order valence-electron chi connectivity index (χ1n) is 7.73. The Balaban J connectivity index is 1.89. The van der Waals surface area contributed by atoms with Gasteiger partial charge in [0.1, 0.15) is 0 Å². The number of benzene rings is 1. The molecule has 0 heterocycles. The van der Waals surface area contributed by atoms with Crippen LogP contribution in [0.15, 0.2) is 23.8 Å². The lowest BCUT2D eigenvalue weighted by molar-refractivity contribution is 0.103. The van der Waals surface area contributed by atoms with Gasteiger partial charge in [-0.3, -0.25) is 4.79 Å². The summed E-state index contributed by atoms with van der Waals surface area (Å²) >= 11 is 0. The number of carbonyl (C=O) groups excluding carboxylic acids is 1. The number of fused-ring (bicyclic) bond motifs is 1. The molecule has 112 valence electrons. The fourth-order valence-corrected chi connectivity index (χ4v) is 3.46. The largest absolute Gasteiger partial charge is 0.493 e. The lowest BCUT2D eigenvalue weighted by Crippen LogP contribution is -2.06. The Morgan fingerprint density at radius 2 is 1.71 bits per heavy atom. The van der Waals surface area contributed by atoms with Gasteiger partial charge in [0.25, 0.3) is 0 Å². The predicted octanol–water partition coefficient (Wildman–Crippen LogP) is 3.95. The summed E-state index contributed by atoms with van der Waals surface area (Å²) in [6.45, 7) is 0. The first-order valence-corrected chi connectivity index (χ1v) is 7.73. The summed E-state index contributed by atoms with van der Waals surface area (Å²) in [6.07, 6.45) is 9.31. The maximum Gasteiger partial charge on any atom is 0.189 e. The van der Waals surface area contributed by atoms with Crippen molar-refractivity contribution < 1.29 is 14.3 Å². The zero-order valence-electron chi connectivity index (χ0n) is 12.8. The van der Waals surface area contributed by atoms with Crippen LogP contribution in [0.1, 0.15) is 48.0 Å². The summed E-state index contributed by atoms with van der Waals surface area (Å²) in [5.74, 6) is 2.07.